The third-order valence-corrected chi connectivity index (χ3v) is 6.14. The molecule has 190 valence electrons. The Bertz CT molecular complexity index is 810. The van der Waals surface area contributed by atoms with Gasteiger partial charge in [-0.05, 0) is 42.2 Å². The van der Waals surface area contributed by atoms with Gasteiger partial charge in [0.05, 0.1) is 13.2 Å². The number of carbonyl (C=O) groups excluding carboxylic acids is 1. The van der Waals surface area contributed by atoms with Crippen LogP contribution in [-0.4, -0.2) is 68.6 Å². The van der Waals surface area contributed by atoms with Crippen molar-refractivity contribution in [2.45, 2.75) is 32.8 Å². The topological polar surface area (TPSA) is 42.0 Å². The Balaban J connectivity index is 0.00000289. The fraction of sp³-hybridized carbons (Fsp3) is 0.519. The summed E-state index contributed by atoms with van der Waals surface area (Å²) in [6.45, 7) is 11.0. The van der Waals surface area contributed by atoms with Crippen molar-refractivity contribution in [3.63, 3.8) is 0 Å². The maximum absolute atomic E-state index is 12.5. The van der Waals surface area contributed by atoms with Gasteiger partial charge in [0.2, 0.25) is 0 Å². The molecule has 0 aliphatic carbocycles. The van der Waals surface area contributed by atoms with Gasteiger partial charge >= 0.3 is 0 Å². The summed E-state index contributed by atoms with van der Waals surface area (Å²) >= 11 is 0. The molecular weight excluding hydrogens is 471 g/mol. The minimum atomic E-state index is 0. The average Bonchev–Trinajstić information content (AvgIpc) is 2.83. The highest BCUT2D eigenvalue weighted by Gasteiger charge is 2.22. The molecule has 0 N–H and O–H groups in total. The van der Waals surface area contributed by atoms with E-state index in [2.05, 4.69) is 54.0 Å². The predicted octanol–water partition coefficient (Wildman–Crippen LogP) is 5.53. The van der Waals surface area contributed by atoms with Crippen molar-refractivity contribution in [1.82, 2.24) is 9.80 Å². The molecule has 34 heavy (non-hydrogen) atoms. The molecule has 0 saturated carbocycles. The number of methoxy groups -OCH3 is 1. The lowest BCUT2D eigenvalue weighted by Crippen LogP contribution is -2.48. The fourth-order valence-electron chi connectivity index (χ4n) is 3.98. The van der Waals surface area contributed by atoms with Crippen LogP contribution in [0.5, 0.6) is 5.75 Å². The van der Waals surface area contributed by atoms with Gasteiger partial charge in [0.1, 0.15) is 5.75 Å². The summed E-state index contributed by atoms with van der Waals surface area (Å²) < 4.78 is 11.5. The minimum absolute atomic E-state index is 0. The number of Topliss-reactive ketones (excluding diaryl/α,β-unsaturated/α-hetero) is 1. The number of carbonyl (C=O) groups is 1. The van der Waals surface area contributed by atoms with Crippen molar-refractivity contribution >= 4 is 30.6 Å². The molecule has 3 rings (SSSR count). The predicted molar refractivity (Wildman–Crippen MR) is 144 cm³/mol. The first-order chi connectivity index (χ1) is 15.5. The molecule has 0 radical (unpaired) electrons. The molecule has 5 nitrogen and oxygen atoms in total. The molecule has 2 aromatic carbocycles. The van der Waals surface area contributed by atoms with Gasteiger partial charge in [-0.3, -0.25) is 9.69 Å². The Hall–Kier alpha value is -1.63. The van der Waals surface area contributed by atoms with E-state index in [1.54, 1.807) is 7.11 Å². The summed E-state index contributed by atoms with van der Waals surface area (Å²) in [7, 11) is 1.64. The first kappa shape index (κ1) is 30.4. The molecule has 1 unspecified atom stereocenters. The van der Waals surface area contributed by atoms with Gasteiger partial charge in [-0.2, -0.15) is 0 Å². The highest BCUT2D eigenvalue weighted by atomic mass is 35.5. The van der Waals surface area contributed by atoms with Gasteiger partial charge < -0.3 is 14.4 Å². The summed E-state index contributed by atoms with van der Waals surface area (Å²) in [4.78, 5) is 17.4. The number of benzene rings is 2. The van der Waals surface area contributed by atoms with Gasteiger partial charge in [0.15, 0.2) is 5.78 Å². The van der Waals surface area contributed by atoms with E-state index in [1.807, 2.05) is 24.3 Å². The summed E-state index contributed by atoms with van der Waals surface area (Å²) in [5, 5.41) is 0. The second kappa shape index (κ2) is 16.1. The molecule has 1 atom stereocenters. The van der Waals surface area contributed by atoms with Gasteiger partial charge in [0, 0.05) is 57.9 Å². The third kappa shape index (κ3) is 9.93. The summed E-state index contributed by atoms with van der Waals surface area (Å²) in [5.74, 6) is 1.62. The Labute approximate surface area is 217 Å². The highest BCUT2D eigenvalue weighted by molar-refractivity contribution is 5.96. The number of ketones is 1. The largest absolute Gasteiger partial charge is 0.497 e. The minimum Gasteiger partial charge on any atom is -0.497 e. The average molecular weight is 512 g/mol. The number of halogens is 2. The van der Waals surface area contributed by atoms with Crippen LogP contribution in [0, 0.1) is 5.92 Å². The van der Waals surface area contributed by atoms with E-state index in [1.165, 1.54) is 5.56 Å². The van der Waals surface area contributed by atoms with Crippen molar-refractivity contribution in [2.24, 2.45) is 5.92 Å². The molecule has 1 heterocycles. The number of rotatable bonds is 12. The van der Waals surface area contributed by atoms with Crippen LogP contribution >= 0.6 is 24.8 Å². The zero-order valence-electron chi connectivity index (χ0n) is 20.7. The molecule has 1 aliphatic rings. The number of hydrogen-bond acceptors (Lipinski definition) is 5. The second-order valence-electron chi connectivity index (χ2n) is 9.00. The van der Waals surface area contributed by atoms with Gasteiger partial charge in [-0.1, -0.05) is 44.2 Å². The van der Waals surface area contributed by atoms with Gasteiger partial charge in [-0.25, -0.2) is 0 Å². The van der Waals surface area contributed by atoms with E-state index >= 15 is 0 Å². The molecule has 0 bridgehead atoms. The van der Waals surface area contributed by atoms with E-state index in [4.69, 9.17) is 9.47 Å². The lowest BCUT2D eigenvalue weighted by Gasteiger charge is -2.36. The number of ether oxygens (including phenoxy) is 2. The maximum atomic E-state index is 12.5. The van der Waals surface area contributed by atoms with Crippen molar-refractivity contribution in [1.29, 1.82) is 0 Å². The summed E-state index contributed by atoms with van der Waals surface area (Å²) in [6, 6.07) is 18.0. The van der Waals surface area contributed by atoms with Crippen molar-refractivity contribution < 1.29 is 14.3 Å². The van der Waals surface area contributed by atoms with E-state index in [-0.39, 0.29) is 36.7 Å². The molecule has 7 heteroatoms. The first-order valence-corrected chi connectivity index (χ1v) is 11.8. The zero-order valence-corrected chi connectivity index (χ0v) is 22.3. The fourth-order valence-corrected chi connectivity index (χ4v) is 3.98. The monoisotopic (exact) mass is 510 g/mol. The first-order valence-electron chi connectivity index (χ1n) is 11.8. The normalized spacial score (nSPS) is 15.3. The molecule has 1 aliphatic heterocycles. The van der Waals surface area contributed by atoms with Crippen LogP contribution in [0.1, 0.15) is 48.7 Å². The van der Waals surface area contributed by atoms with Crippen molar-refractivity contribution in [2.75, 3.05) is 53.0 Å². The Kier molecular flexibility index (Phi) is 14.4. The van der Waals surface area contributed by atoms with Gasteiger partial charge in [0.25, 0.3) is 0 Å². The Morgan fingerprint density at radius 3 is 2.12 bits per heavy atom. The number of nitrogens with zero attached hydrogens (tertiary/aromatic N) is 2. The van der Waals surface area contributed by atoms with E-state index in [0.717, 1.165) is 63.6 Å². The van der Waals surface area contributed by atoms with E-state index in [0.29, 0.717) is 12.3 Å². The summed E-state index contributed by atoms with van der Waals surface area (Å²) in [6.07, 6.45) is 1.74. The summed E-state index contributed by atoms with van der Waals surface area (Å²) in [5.41, 5.74) is 2.01. The van der Waals surface area contributed by atoms with E-state index in [9.17, 15) is 4.79 Å². The Morgan fingerprint density at radius 1 is 0.912 bits per heavy atom. The van der Waals surface area contributed by atoms with Crippen LogP contribution in [0.3, 0.4) is 0 Å². The molecule has 0 spiro atoms. The molecule has 1 saturated heterocycles. The van der Waals surface area contributed by atoms with Gasteiger partial charge in [-0.15, -0.1) is 24.8 Å². The highest BCUT2D eigenvalue weighted by Crippen LogP contribution is 2.21. The van der Waals surface area contributed by atoms with Crippen LogP contribution < -0.4 is 4.74 Å². The second-order valence-corrected chi connectivity index (χ2v) is 9.00. The maximum Gasteiger partial charge on any atom is 0.164 e. The third-order valence-electron chi connectivity index (χ3n) is 6.14. The van der Waals surface area contributed by atoms with Crippen LogP contribution in [0.15, 0.2) is 54.6 Å². The SMILES string of the molecule is COc1ccc(C(=O)CCN2CCN(CC(OCCC(C)C)c3ccccc3)CC2)cc1.Cl.Cl. The lowest BCUT2D eigenvalue weighted by molar-refractivity contribution is 0.00799. The van der Waals surface area contributed by atoms with Crippen LogP contribution in [-0.2, 0) is 4.74 Å². The van der Waals surface area contributed by atoms with Crippen molar-refractivity contribution in [3.05, 3.63) is 65.7 Å². The number of piperazine rings is 1. The van der Waals surface area contributed by atoms with Crippen LogP contribution in [0.4, 0.5) is 0 Å². The van der Waals surface area contributed by atoms with Crippen molar-refractivity contribution in [3.8, 4) is 5.75 Å². The standard InChI is InChI=1S/C27H38N2O3.2ClH/c1-22(2)14-20-32-27(24-7-5-4-6-8-24)21-29-18-16-28(17-19-29)15-13-26(30)23-9-11-25(31-3)12-10-23;;/h4-12,22,27H,13-21H2,1-3H3;2*1H. The van der Waals surface area contributed by atoms with E-state index < -0.39 is 0 Å². The quantitative estimate of drug-likeness (QED) is 0.351. The molecule has 2 aromatic rings. The number of hydrogen-bond donors (Lipinski definition) is 0. The molecule has 0 aromatic heterocycles. The molecule has 1 fully saturated rings. The van der Waals surface area contributed by atoms with Crippen LogP contribution in [0.2, 0.25) is 0 Å². The Morgan fingerprint density at radius 2 is 1.53 bits per heavy atom. The smallest absolute Gasteiger partial charge is 0.164 e. The molecular formula is C27H40Cl2N2O3. The zero-order chi connectivity index (χ0) is 22.8. The van der Waals surface area contributed by atoms with Crippen LogP contribution in [0.25, 0.3) is 0 Å². The lowest BCUT2D eigenvalue weighted by atomic mass is 10.1. The molecule has 0 amide bonds.